The number of benzene rings is 2. The van der Waals surface area contributed by atoms with Crippen molar-refractivity contribution in [2.45, 2.75) is 26.3 Å². The number of halogens is 3. The summed E-state index contributed by atoms with van der Waals surface area (Å²) in [7, 11) is 0. The van der Waals surface area contributed by atoms with Gasteiger partial charge in [0.1, 0.15) is 5.82 Å². The summed E-state index contributed by atoms with van der Waals surface area (Å²) >= 11 is 9.47. The summed E-state index contributed by atoms with van der Waals surface area (Å²) in [6.45, 7) is 4.85. The molecule has 2 aromatic carbocycles. The number of nitrogens with one attached hydrogen (secondary N) is 1. The monoisotopic (exact) mass is 369 g/mol. The van der Waals surface area contributed by atoms with E-state index >= 15 is 0 Å². The van der Waals surface area contributed by atoms with Crippen molar-refractivity contribution in [3.05, 3.63) is 68.4 Å². The normalized spacial score (nSPS) is 12.4. The minimum Gasteiger partial charge on any atom is -0.306 e. The Hall–Kier alpha value is -0.900. The number of rotatable bonds is 5. The number of hydrogen-bond donors (Lipinski definition) is 1. The van der Waals surface area contributed by atoms with Gasteiger partial charge in [0, 0.05) is 10.6 Å². The largest absolute Gasteiger partial charge is 0.306 e. The highest BCUT2D eigenvalue weighted by atomic mass is 79.9. The van der Waals surface area contributed by atoms with Crippen molar-refractivity contribution in [3.63, 3.8) is 0 Å². The molecule has 0 aliphatic heterocycles. The molecule has 0 fully saturated rings. The predicted octanol–water partition coefficient (Wildman–Crippen LogP) is 5.64. The summed E-state index contributed by atoms with van der Waals surface area (Å²) in [5.41, 5.74) is 2.61. The molecular formula is C17H18BrClFN. The van der Waals surface area contributed by atoms with E-state index in [9.17, 15) is 4.39 Å². The second-order valence-corrected chi connectivity index (χ2v) is 6.30. The van der Waals surface area contributed by atoms with Crippen LogP contribution in [0.15, 0.2) is 40.9 Å². The minimum absolute atomic E-state index is 0.208. The van der Waals surface area contributed by atoms with E-state index in [0.29, 0.717) is 15.1 Å². The molecule has 21 heavy (non-hydrogen) atoms. The number of aryl methyl sites for hydroxylation is 1. The summed E-state index contributed by atoms with van der Waals surface area (Å²) in [5, 5.41) is 4.10. The van der Waals surface area contributed by atoms with E-state index in [1.165, 1.54) is 0 Å². The summed E-state index contributed by atoms with van der Waals surface area (Å²) < 4.78 is 14.9. The maximum atomic E-state index is 14.4. The van der Waals surface area contributed by atoms with Gasteiger partial charge in [-0.3, -0.25) is 0 Å². The van der Waals surface area contributed by atoms with Gasteiger partial charge in [0.2, 0.25) is 0 Å². The first-order valence-electron chi connectivity index (χ1n) is 6.98. The third kappa shape index (κ3) is 3.85. The minimum atomic E-state index is -0.234. The van der Waals surface area contributed by atoms with Gasteiger partial charge in [-0.05, 0) is 59.1 Å². The molecular weight excluding hydrogens is 353 g/mol. The Labute approximate surface area is 138 Å². The van der Waals surface area contributed by atoms with Crippen molar-refractivity contribution >= 4 is 27.5 Å². The molecule has 1 atom stereocenters. The maximum absolute atomic E-state index is 14.4. The van der Waals surface area contributed by atoms with Crippen molar-refractivity contribution in [2.75, 3.05) is 6.54 Å². The third-order valence-electron chi connectivity index (χ3n) is 3.42. The highest BCUT2D eigenvalue weighted by Crippen LogP contribution is 2.30. The van der Waals surface area contributed by atoms with Gasteiger partial charge in [0.25, 0.3) is 0 Å². The molecule has 0 spiro atoms. The van der Waals surface area contributed by atoms with E-state index in [2.05, 4.69) is 28.2 Å². The van der Waals surface area contributed by atoms with Crippen molar-refractivity contribution in [1.29, 1.82) is 0 Å². The van der Waals surface area contributed by atoms with Gasteiger partial charge < -0.3 is 5.32 Å². The molecule has 0 aliphatic carbocycles. The van der Waals surface area contributed by atoms with Gasteiger partial charge >= 0.3 is 0 Å². The summed E-state index contributed by atoms with van der Waals surface area (Å²) in [6, 6.07) is 11.0. The molecule has 0 heterocycles. The van der Waals surface area contributed by atoms with Gasteiger partial charge in [-0.15, -0.1) is 0 Å². The summed E-state index contributed by atoms with van der Waals surface area (Å²) in [4.78, 5) is 0. The molecule has 2 aromatic rings. The average Bonchev–Trinajstić information content (AvgIpc) is 2.47. The van der Waals surface area contributed by atoms with Crippen LogP contribution in [0, 0.1) is 12.7 Å². The van der Waals surface area contributed by atoms with Crippen molar-refractivity contribution < 1.29 is 4.39 Å². The Morgan fingerprint density at radius 1 is 1.29 bits per heavy atom. The summed E-state index contributed by atoms with van der Waals surface area (Å²) in [5.74, 6) is -0.234. The summed E-state index contributed by atoms with van der Waals surface area (Å²) in [6.07, 6.45) is 0.978. The van der Waals surface area contributed by atoms with E-state index < -0.39 is 0 Å². The predicted molar refractivity (Wildman–Crippen MR) is 90.4 cm³/mol. The second-order valence-electron chi connectivity index (χ2n) is 5.04. The van der Waals surface area contributed by atoms with E-state index in [0.717, 1.165) is 24.1 Å². The molecule has 112 valence electrons. The molecule has 0 radical (unpaired) electrons. The van der Waals surface area contributed by atoms with E-state index in [1.54, 1.807) is 12.1 Å². The van der Waals surface area contributed by atoms with Crippen LogP contribution < -0.4 is 5.32 Å². The highest BCUT2D eigenvalue weighted by Gasteiger charge is 2.19. The molecule has 0 amide bonds. The van der Waals surface area contributed by atoms with Gasteiger partial charge in [-0.2, -0.15) is 0 Å². The van der Waals surface area contributed by atoms with Crippen LogP contribution in [-0.2, 0) is 0 Å². The lowest BCUT2D eigenvalue weighted by atomic mass is 9.97. The van der Waals surface area contributed by atoms with Crippen LogP contribution in [0.4, 0.5) is 4.39 Å². The van der Waals surface area contributed by atoms with Crippen molar-refractivity contribution in [1.82, 2.24) is 5.32 Å². The Morgan fingerprint density at radius 3 is 2.71 bits per heavy atom. The maximum Gasteiger partial charge on any atom is 0.142 e. The molecule has 1 unspecified atom stereocenters. The van der Waals surface area contributed by atoms with Crippen molar-refractivity contribution in [2.24, 2.45) is 0 Å². The van der Waals surface area contributed by atoms with Gasteiger partial charge in [-0.25, -0.2) is 4.39 Å². The van der Waals surface area contributed by atoms with Crippen molar-refractivity contribution in [3.8, 4) is 0 Å². The zero-order chi connectivity index (χ0) is 15.4. The van der Waals surface area contributed by atoms with Crippen LogP contribution in [0.25, 0.3) is 0 Å². The third-order valence-corrected chi connectivity index (χ3v) is 4.44. The Morgan fingerprint density at radius 2 is 2.05 bits per heavy atom. The highest BCUT2D eigenvalue weighted by molar-refractivity contribution is 9.10. The second kappa shape index (κ2) is 7.39. The first kappa shape index (κ1) is 16.5. The number of hydrogen-bond acceptors (Lipinski definition) is 1. The lowest BCUT2D eigenvalue weighted by Crippen LogP contribution is -2.24. The molecule has 0 aromatic heterocycles. The Bertz CT molecular complexity index is 630. The Kier molecular flexibility index (Phi) is 5.80. The van der Waals surface area contributed by atoms with Crippen LogP contribution in [0.2, 0.25) is 5.02 Å². The molecule has 0 saturated heterocycles. The molecule has 4 heteroatoms. The van der Waals surface area contributed by atoms with Crippen LogP contribution >= 0.6 is 27.5 Å². The van der Waals surface area contributed by atoms with Gasteiger partial charge in [0.05, 0.1) is 10.5 Å². The molecule has 0 aliphatic rings. The van der Waals surface area contributed by atoms with Gasteiger partial charge in [-0.1, -0.05) is 42.8 Å². The molecule has 1 nitrogen and oxygen atoms in total. The van der Waals surface area contributed by atoms with E-state index in [4.69, 9.17) is 11.6 Å². The fourth-order valence-electron chi connectivity index (χ4n) is 2.23. The van der Waals surface area contributed by atoms with Crippen LogP contribution in [-0.4, -0.2) is 6.54 Å². The first-order valence-corrected chi connectivity index (χ1v) is 8.15. The smallest absolute Gasteiger partial charge is 0.142 e. The van der Waals surface area contributed by atoms with Crippen LogP contribution in [0.1, 0.15) is 36.1 Å². The lowest BCUT2D eigenvalue weighted by Gasteiger charge is -2.21. The van der Waals surface area contributed by atoms with Crippen LogP contribution in [0.3, 0.4) is 0 Å². The SMILES string of the molecule is CCCNC(c1ccc(C)c(Cl)c1)c1cccc(Br)c1F. The molecule has 1 N–H and O–H groups in total. The Balaban J connectivity index is 2.47. The molecule has 2 rings (SSSR count). The average molecular weight is 371 g/mol. The van der Waals surface area contributed by atoms with E-state index in [1.807, 2.05) is 31.2 Å². The van der Waals surface area contributed by atoms with E-state index in [-0.39, 0.29) is 11.9 Å². The lowest BCUT2D eigenvalue weighted by molar-refractivity contribution is 0.543. The fraction of sp³-hybridized carbons (Fsp3) is 0.294. The standard InChI is InChI=1S/C17H18BrClFN/c1-3-9-21-17(12-8-7-11(2)15(19)10-12)13-5-4-6-14(18)16(13)20/h4-8,10,17,21H,3,9H2,1-2H3. The molecule has 0 saturated carbocycles. The zero-order valence-electron chi connectivity index (χ0n) is 12.1. The topological polar surface area (TPSA) is 12.0 Å². The first-order chi connectivity index (χ1) is 10.0. The quantitative estimate of drug-likeness (QED) is 0.718. The fourth-order valence-corrected chi connectivity index (χ4v) is 2.80. The molecule has 0 bridgehead atoms. The zero-order valence-corrected chi connectivity index (χ0v) is 14.4. The van der Waals surface area contributed by atoms with Gasteiger partial charge in [0.15, 0.2) is 0 Å². The van der Waals surface area contributed by atoms with Crippen LogP contribution in [0.5, 0.6) is 0 Å².